The number of Topliss-reactive ketones (excluding diaryl/α,β-unsaturated/α-hetero) is 2. The Kier molecular flexibility index (Phi) is 4.92. The minimum atomic E-state index is -1.08. The van der Waals surface area contributed by atoms with Gasteiger partial charge in [-0.2, -0.15) is 0 Å². The molecule has 0 unspecified atom stereocenters. The number of benzene rings is 2. The molecule has 0 amide bonds. The highest BCUT2D eigenvalue weighted by atomic mass is 16.3. The molecule has 1 aromatic heterocycles. The second-order valence-corrected chi connectivity index (χ2v) is 14.0. The predicted molar refractivity (Wildman–Crippen MR) is 149 cm³/mol. The van der Waals surface area contributed by atoms with Crippen LogP contribution >= 0.6 is 0 Å². The Hall–Kier alpha value is -3.01. The summed E-state index contributed by atoms with van der Waals surface area (Å²) in [6.45, 7) is 7.14. The molecule has 38 heavy (non-hydrogen) atoms. The van der Waals surface area contributed by atoms with Crippen molar-refractivity contribution in [1.82, 2.24) is 4.98 Å². The smallest absolute Gasteiger partial charge is 0.177 e. The number of rotatable bonds is 3. The SMILES string of the molecule is CC1(C)C(=O)c2cc(Cc3c(O)ccc4cc(C56CC7CC(CC(C7)C5)C6)ccc34)cnc2C(C)(C)C1=O. The molecule has 196 valence electrons. The molecule has 0 radical (unpaired) electrons. The van der Waals surface area contributed by atoms with Crippen LogP contribution in [0.1, 0.15) is 99.0 Å². The van der Waals surface area contributed by atoms with Gasteiger partial charge in [0.1, 0.15) is 5.75 Å². The van der Waals surface area contributed by atoms with Gasteiger partial charge in [0.15, 0.2) is 11.6 Å². The Labute approximate surface area is 224 Å². The first-order valence-corrected chi connectivity index (χ1v) is 14.3. The Bertz CT molecular complexity index is 1490. The van der Waals surface area contributed by atoms with Crippen LogP contribution in [-0.2, 0) is 22.0 Å². The highest BCUT2D eigenvalue weighted by molar-refractivity contribution is 6.20. The van der Waals surface area contributed by atoms with Crippen LogP contribution in [0.4, 0.5) is 0 Å². The Morgan fingerprint density at radius 3 is 2.18 bits per heavy atom. The molecule has 0 saturated heterocycles. The third kappa shape index (κ3) is 3.31. The van der Waals surface area contributed by atoms with Crippen molar-refractivity contribution < 1.29 is 14.7 Å². The summed E-state index contributed by atoms with van der Waals surface area (Å²) in [4.78, 5) is 31.0. The number of hydrogen-bond acceptors (Lipinski definition) is 4. The minimum Gasteiger partial charge on any atom is -0.508 e. The van der Waals surface area contributed by atoms with Gasteiger partial charge >= 0.3 is 0 Å². The van der Waals surface area contributed by atoms with Gasteiger partial charge in [0.05, 0.1) is 16.5 Å². The molecule has 0 spiro atoms. The highest BCUT2D eigenvalue weighted by Crippen LogP contribution is 2.61. The van der Waals surface area contributed by atoms with Crippen LogP contribution in [0.25, 0.3) is 10.8 Å². The molecule has 0 aliphatic heterocycles. The maximum Gasteiger partial charge on any atom is 0.177 e. The van der Waals surface area contributed by atoms with Gasteiger partial charge in [0, 0.05) is 23.7 Å². The van der Waals surface area contributed by atoms with E-state index in [1.807, 2.05) is 32.0 Å². The van der Waals surface area contributed by atoms with Crippen LogP contribution in [0.5, 0.6) is 5.75 Å². The molecule has 4 heteroatoms. The second-order valence-electron chi connectivity index (χ2n) is 14.0. The van der Waals surface area contributed by atoms with E-state index in [1.54, 1.807) is 20.0 Å². The van der Waals surface area contributed by atoms with Crippen molar-refractivity contribution in [3.63, 3.8) is 0 Å². The third-order valence-corrected chi connectivity index (χ3v) is 10.6. The first kappa shape index (κ1) is 24.1. The van der Waals surface area contributed by atoms with Gasteiger partial charge in [-0.1, -0.05) is 24.3 Å². The first-order valence-electron chi connectivity index (χ1n) is 14.3. The Balaban J connectivity index is 1.26. The lowest BCUT2D eigenvalue weighted by Gasteiger charge is -2.57. The molecule has 4 bridgehead atoms. The van der Waals surface area contributed by atoms with E-state index in [2.05, 4.69) is 23.2 Å². The molecular formula is C34H37NO3. The van der Waals surface area contributed by atoms with Gasteiger partial charge < -0.3 is 5.11 Å². The van der Waals surface area contributed by atoms with Crippen molar-refractivity contribution in [2.24, 2.45) is 23.2 Å². The number of ketones is 2. The van der Waals surface area contributed by atoms with E-state index in [4.69, 9.17) is 0 Å². The first-order chi connectivity index (χ1) is 18.0. The van der Waals surface area contributed by atoms with Crippen LogP contribution in [0, 0.1) is 23.2 Å². The number of pyridine rings is 1. The number of aromatic nitrogens is 1. The number of phenolic OH excluding ortho intramolecular Hbond substituents is 1. The fourth-order valence-electron chi connectivity index (χ4n) is 9.17. The van der Waals surface area contributed by atoms with E-state index in [9.17, 15) is 14.7 Å². The van der Waals surface area contributed by atoms with Crippen LogP contribution in [0.3, 0.4) is 0 Å². The molecule has 1 heterocycles. The minimum absolute atomic E-state index is 0.0933. The molecule has 4 nitrogen and oxygen atoms in total. The summed E-state index contributed by atoms with van der Waals surface area (Å²) in [6.07, 6.45) is 10.5. The lowest BCUT2D eigenvalue weighted by Crippen LogP contribution is -2.50. The molecule has 5 aliphatic rings. The van der Waals surface area contributed by atoms with Crippen LogP contribution in [-0.4, -0.2) is 21.7 Å². The summed E-state index contributed by atoms with van der Waals surface area (Å²) in [5.41, 5.74) is 2.73. The van der Waals surface area contributed by atoms with E-state index in [0.717, 1.165) is 34.3 Å². The van der Waals surface area contributed by atoms with Gasteiger partial charge in [-0.15, -0.1) is 0 Å². The lowest BCUT2D eigenvalue weighted by atomic mass is 9.48. The highest BCUT2D eigenvalue weighted by Gasteiger charge is 2.53. The summed E-state index contributed by atoms with van der Waals surface area (Å²) < 4.78 is 0. The monoisotopic (exact) mass is 507 g/mol. The van der Waals surface area contributed by atoms with Gasteiger partial charge in [-0.05, 0) is 123 Å². The van der Waals surface area contributed by atoms with Crippen molar-refractivity contribution in [3.8, 4) is 5.75 Å². The number of nitrogens with zero attached hydrogens (tertiary/aromatic N) is 1. The normalized spacial score (nSPS) is 30.6. The predicted octanol–water partition coefficient (Wildman–Crippen LogP) is 7.07. The second kappa shape index (κ2) is 7.77. The summed E-state index contributed by atoms with van der Waals surface area (Å²) in [7, 11) is 0. The maximum absolute atomic E-state index is 13.3. The zero-order valence-electron chi connectivity index (χ0n) is 22.9. The van der Waals surface area contributed by atoms with Crippen molar-refractivity contribution in [3.05, 3.63) is 70.5 Å². The number of carbonyl (C=O) groups is 2. The van der Waals surface area contributed by atoms with Crippen molar-refractivity contribution >= 4 is 22.3 Å². The maximum atomic E-state index is 13.3. The van der Waals surface area contributed by atoms with E-state index in [-0.39, 0.29) is 17.3 Å². The van der Waals surface area contributed by atoms with Crippen LogP contribution in [0.2, 0.25) is 0 Å². The molecule has 1 N–H and O–H groups in total. The van der Waals surface area contributed by atoms with E-state index in [1.165, 1.54) is 49.5 Å². The van der Waals surface area contributed by atoms with E-state index < -0.39 is 10.8 Å². The molecule has 3 aromatic rings. The number of phenols is 1. The van der Waals surface area contributed by atoms with Gasteiger partial charge in [-0.25, -0.2) is 0 Å². The summed E-state index contributed by atoms with van der Waals surface area (Å²) in [6, 6.07) is 12.7. The molecule has 5 aliphatic carbocycles. The Morgan fingerprint density at radius 2 is 1.53 bits per heavy atom. The number of fused-ring (bicyclic) bond motifs is 2. The number of hydrogen-bond donors (Lipinski definition) is 1. The molecular weight excluding hydrogens is 470 g/mol. The largest absolute Gasteiger partial charge is 0.508 e. The van der Waals surface area contributed by atoms with Crippen molar-refractivity contribution in [1.29, 1.82) is 0 Å². The summed E-state index contributed by atoms with van der Waals surface area (Å²) in [5, 5.41) is 13.1. The van der Waals surface area contributed by atoms with Gasteiger partial charge in [0.2, 0.25) is 0 Å². The van der Waals surface area contributed by atoms with E-state index >= 15 is 0 Å². The van der Waals surface area contributed by atoms with Crippen LogP contribution in [0.15, 0.2) is 42.6 Å². The average Bonchev–Trinajstić information content (AvgIpc) is 2.87. The third-order valence-electron chi connectivity index (χ3n) is 10.6. The zero-order valence-corrected chi connectivity index (χ0v) is 22.9. The topological polar surface area (TPSA) is 67.3 Å². The zero-order chi connectivity index (χ0) is 26.6. The lowest BCUT2D eigenvalue weighted by molar-refractivity contribution is -0.130. The van der Waals surface area contributed by atoms with Gasteiger partial charge in [0.25, 0.3) is 0 Å². The van der Waals surface area contributed by atoms with E-state index in [0.29, 0.717) is 23.1 Å². The number of aromatic hydroxyl groups is 1. The summed E-state index contributed by atoms with van der Waals surface area (Å²) >= 11 is 0. The molecule has 4 saturated carbocycles. The molecule has 4 fully saturated rings. The molecule has 2 aromatic carbocycles. The van der Waals surface area contributed by atoms with Crippen molar-refractivity contribution in [2.75, 3.05) is 0 Å². The molecule has 0 atom stereocenters. The van der Waals surface area contributed by atoms with Gasteiger partial charge in [-0.3, -0.25) is 14.6 Å². The summed E-state index contributed by atoms with van der Waals surface area (Å²) in [5.74, 6) is 2.70. The Morgan fingerprint density at radius 1 is 0.868 bits per heavy atom. The fourth-order valence-corrected chi connectivity index (χ4v) is 9.17. The standard InChI is InChI=1S/C34H37NO3/c1-32(2)29-27(30(37)33(3,4)31(32)38)13-22(18-35-29)12-26-25-7-6-24(14-23(25)5-8-28(26)36)34-15-19-9-20(16-34)11-21(10-19)17-34/h5-8,13-14,18-21,36H,9-12,15-17H2,1-4H3. The van der Waals surface area contributed by atoms with Crippen molar-refractivity contribution in [2.45, 2.75) is 83.5 Å². The average molecular weight is 508 g/mol. The number of carbonyl (C=O) groups excluding carboxylic acids is 2. The molecule has 8 rings (SSSR count). The quantitative estimate of drug-likeness (QED) is 0.385. The van der Waals surface area contributed by atoms with Crippen LogP contribution < -0.4 is 0 Å². The fraction of sp³-hybridized carbons (Fsp3) is 0.500.